The molecule has 1 aromatic rings. The molecular weight excluding hydrogens is 284 g/mol. The zero-order chi connectivity index (χ0) is 15.2. The van der Waals surface area contributed by atoms with Crippen molar-refractivity contribution in [1.82, 2.24) is 4.98 Å². The van der Waals surface area contributed by atoms with E-state index in [-0.39, 0.29) is 24.6 Å². The van der Waals surface area contributed by atoms with Gasteiger partial charge in [-0.3, -0.25) is 10.1 Å². The monoisotopic (exact) mass is 300 g/mol. The van der Waals surface area contributed by atoms with Gasteiger partial charge in [-0.15, -0.1) is 11.3 Å². The molecule has 1 heterocycles. The number of thiazole rings is 1. The van der Waals surface area contributed by atoms with Crippen LogP contribution in [0.25, 0.3) is 0 Å². The number of rotatable bonds is 7. The first-order valence-electron chi connectivity index (χ1n) is 5.80. The molecular formula is C12H16N2O5S. The van der Waals surface area contributed by atoms with E-state index in [4.69, 9.17) is 9.84 Å². The molecule has 1 rings (SSSR count). The summed E-state index contributed by atoms with van der Waals surface area (Å²) in [7, 11) is 0. The predicted octanol–water partition coefficient (Wildman–Crippen LogP) is 1.95. The summed E-state index contributed by atoms with van der Waals surface area (Å²) in [5, 5.41) is 23.0. The Labute approximate surface area is 119 Å². The number of ether oxygens (including phenoxy) is 1. The Morgan fingerprint density at radius 1 is 1.65 bits per heavy atom. The highest BCUT2D eigenvalue weighted by Crippen LogP contribution is 2.29. The molecule has 0 aliphatic heterocycles. The lowest BCUT2D eigenvalue weighted by atomic mass is 9.97. The molecule has 8 heteroatoms. The molecule has 0 saturated heterocycles. The number of aromatic nitrogens is 1. The minimum absolute atomic E-state index is 0.0341. The number of aliphatic carboxylic acids is 1. The lowest BCUT2D eigenvalue weighted by molar-refractivity contribution is -0.138. The van der Waals surface area contributed by atoms with E-state index in [9.17, 15) is 14.7 Å². The topological polar surface area (TPSA) is 109 Å². The highest BCUT2D eigenvalue weighted by molar-refractivity contribution is 7.13. The highest BCUT2D eigenvalue weighted by Gasteiger charge is 2.27. The second-order valence-electron chi connectivity index (χ2n) is 4.22. The van der Waals surface area contributed by atoms with Crippen LogP contribution >= 0.6 is 11.3 Å². The summed E-state index contributed by atoms with van der Waals surface area (Å²) >= 11 is 1.12. The van der Waals surface area contributed by atoms with Gasteiger partial charge >= 0.3 is 12.1 Å². The van der Waals surface area contributed by atoms with Crippen LogP contribution in [-0.4, -0.2) is 33.9 Å². The SMILES string of the molecule is C=CCOC(=O)Nc1nc(C(C)(O)CCC(=O)O)cs1. The molecule has 0 aliphatic rings. The van der Waals surface area contributed by atoms with Gasteiger partial charge < -0.3 is 14.9 Å². The van der Waals surface area contributed by atoms with Gasteiger partial charge in [-0.25, -0.2) is 9.78 Å². The van der Waals surface area contributed by atoms with Crippen LogP contribution in [-0.2, 0) is 15.1 Å². The quantitative estimate of drug-likeness (QED) is 0.664. The first-order chi connectivity index (χ1) is 9.35. The fraction of sp³-hybridized carbons (Fsp3) is 0.417. The van der Waals surface area contributed by atoms with Crippen molar-refractivity contribution in [3.05, 3.63) is 23.7 Å². The van der Waals surface area contributed by atoms with Crippen LogP contribution in [0.1, 0.15) is 25.5 Å². The molecule has 1 amide bonds. The van der Waals surface area contributed by atoms with Crippen molar-refractivity contribution < 1.29 is 24.5 Å². The van der Waals surface area contributed by atoms with Gasteiger partial charge in [0.15, 0.2) is 5.13 Å². The molecule has 1 atom stereocenters. The van der Waals surface area contributed by atoms with E-state index in [1.165, 1.54) is 13.0 Å². The van der Waals surface area contributed by atoms with Gasteiger partial charge in [0.2, 0.25) is 0 Å². The molecule has 0 radical (unpaired) electrons. The maximum Gasteiger partial charge on any atom is 0.413 e. The smallest absolute Gasteiger partial charge is 0.413 e. The molecule has 0 aliphatic carbocycles. The molecule has 1 aromatic heterocycles. The number of nitrogens with one attached hydrogen (secondary N) is 1. The van der Waals surface area contributed by atoms with E-state index in [0.29, 0.717) is 5.69 Å². The van der Waals surface area contributed by atoms with Gasteiger partial charge in [-0.2, -0.15) is 0 Å². The van der Waals surface area contributed by atoms with Crippen LogP contribution in [0.15, 0.2) is 18.0 Å². The van der Waals surface area contributed by atoms with Gasteiger partial charge in [0, 0.05) is 11.8 Å². The van der Waals surface area contributed by atoms with E-state index in [1.807, 2.05) is 0 Å². The number of amides is 1. The molecule has 0 spiro atoms. The number of hydrogen-bond acceptors (Lipinski definition) is 6. The molecule has 20 heavy (non-hydrogen) atoms. The maximum absolute atomic E-state index is 11.3. The third kappa shape index (κ3) is 4.98. The van der Waals surface area contributed by atoms with Gasteiger partial charge in [0.25, 0.3) is 0 Å². The van der Waals surface area contributed by atoms with Crippen molar-refractivity contribution in [2.75, 3.05) is 11.9 Å². The summed E-state index contributed by atoms with van der Waals surface area (Å²) in [6, 6.07) is 0. The molecule has 110 valence electrons. The molecule has 0 saturated carbocycles. The summed E-state index contributed by atoms with van der Waals surface area (Å²) in [4.78, 5) is 25.9. The van der Waals surface area contributed by atoms with Gasteiger partial charge in [0.05, 0.1) is 5.69 Å². The minimum atomic E-state index is -1.36. The Morgan fingerprint density at radius 3 is 2.95 bits per heavy atom. The minimum Gasteiger partial charge on any atom is -0.481 e. The fourth-order valence-electron chi connectivity index (χ4n) is 1.31. The average molecular weight is 300 g/mol. The molecule has 0 bridgehead atoms. The third-order valence-electron chi connectivity index (χ3n) is 2.42. The summed E-state index contributed by atoms with van der Waals surface area (Å²) < 4.78 is 4.73. The Balaban J connectivity index is 2.63. The average Bonchev–Trinajstić information content (AvgIpc) is 2.83. The molecule has 0 fully saturated rings. The van der Waals surface area contributed by atoms with Crippen LogP contribution in [0.5, 0.6) is 0 Å². The van der Waals surface area contributed by atoms with Crippen molar-refractivity contribution in [1.29, 1.82) is 0 Å². The van der Waals surface area contributed by atoms with E-state index in [0.717, 1.165) is 11.3 Å². The number of aliphatic hydroxyl groups is 1. The lowest BCUT2D eigenvalue weighted by Gasteiger charge is -2.19. The van der Waals surface area contributed by atoms with E-state index < -0.39 is 17.7 Å². The van der Waals surface area contributed by atoms with E-state index >= 15 is 0 Å². The van der Waals surface area contributed by atoms with Crippen LogP contribution < -0.4 is 5.32 Å². The number of hydrogen-bond donors (Lipinski definition) is 3. The Bertz CT molecular complexity index is 498. The second kappa shape index (κ2) is 7.01. The number of carbonyl (C=O) groups is 2. The van der Waals surface area contributed by atoms with Crippen LogP contribution in [0.4, 0.5) is 9.93 Å². The summed E-state index contributed by atoms with van der Waals surface area (Å²) in [5.74, 6) is -0.994. The van der Waals surface area contributed by atoms with Crippen LogP contribution in [0, 0.1) is 0 Å². The number of carboxylic acid groups (broad SMARTS) is 1. The van der Waals surface area contributed by atoms with Crippen molar-refractivity contribution >= 4 is 28.5 Å². The predicted molar refractivity (Wildman–Crippen MR) is 73.7 cm³/mol. The van der Waals surface area contributed by atoms with Gasteiger partial charge in [0.1, 0.15) is 12.2 Å². The Morgan fingerprint density at radius 2 is 2.35 bits per heavy atom. The second-order valence-corrected chi connectivity index (χ2v) is 5.08. The Hall–Kier alpha value is -1.93. The van der Waals surface area contributed by atoms with E-state index in [2.05, 4.69) is 16.9 Å². The van der Waals surface area contributed by atoms with Crippen molar-refractivity contribution in [3.63, 3.8) is 0 Å². The summed E-state index contributed by atoms with van der Waals surface area (Å²) in [6.07, 6.45) is 0.626. The number of nitrogens with zero attached hydrogens (tertiary/aromatic N) is 1. The summed E-state index contributed by atoms with van der Waals surface area (Å²) in [6.45, 7) is 4.97. The van der Waals surface area contributed by atoms with Crippen LogP contribution in [0.3, 0.4) is 0 Å². The number of carbonyl (C=O) groups excluding carboxylic acids is 1. The van der Waals surface area contributed by atoms with Gasteiger partial charge in [-0.05, 0) is 13.3 Å². The third-order valence-corrected chi connectivity index (χ3v) is 3.18. The molecule has 3 N–H and O–H groups in total. The first-order valence-corrected chi connectivity index (χ1v) is 6.68. The molecule has 7 nitrogen and oxygen atoms in total. The largest absolute Gasteiger partial charge is 0.481 e. The normalized spacial score (nSPS) is 13.3. The number of carboxylic acids is 1. The Kier molecular flexibility index (Phi) is 5.66. The zero-order valence-electron chi connectivity index (χ0n) is 11.0. The number of anilines is 1. The van der Waals surface area contributed by atoms with Crippen molar-refractivity contribution in [3.8, 4) is 0 Å². The standard InChI is InChI=1S/C12H16N2O5S/c1-3-6-19-11(17)14-10-13-8(7-20-10)12(2,18)5-4-9(15)16/h3,7,18H,1,4-6H2,2H3,(H,15,16)(H,13,14,17). The van der Waals surface area contributed by atoms with Crippen molar-refractivity contribution in [2.24, 2.45) is 0 Å². The zero-order valence-corrected chi connectivity index (χ0v) is 11.8. The van der Waals surface area contributed by atoms with Crippen molar-refractivity contribution in [2.45, 2.75) is 25.4 Å². The molecule has 0 aromatic carbocycles. The lowest BCUT2D eigenvalue weighted by Crippen LogP contribution is -2.23. The fourth-order valence-corrected chi connectivity index (χ4v) is 2.14. The highest BCUT2D eigenvalue weighted by atomic mass is 32.1. The maximum atomic E-state index is 11.3. The first kappa shape index (κ1) is 16.1. The molecule has 1 unspecified atom stereocenters. The van der Waals surface area contributed by atoms with E-state index in [1.54, 1.807) is 5.38 Å². The summed E-state index contributed by atoms with van der Waals surface area (Å²) in [5.41, 5.74) is -1.05. The van der Waals surface area contributed by atoms with Crippen LogP contribution in [0.2, 0.25) is 0 Å². The van der Waals surface area contributed by atoms with Gasteiger partial charge in [-0.1, -0.05) is 12.7 Å².